The van der Waals surface area contributed by atoms with Crippen LogP contribution in [0.5, 0.6) is 0 Å². The van der Waals surface area contributed by atoms with Crippen LogP contribution in [-0.4, -0.2) is 39.9 Å². The van der Waals surface area contributed by atoms with Crippen LogP contribution >= 0.6 is 0 Å². The van der Waals surface area contributed by atoms with E-state index in [0.717, 1.165) is 47.3 Å². The van der Waals surface area contributed by atoms with E-state index in [-0.39, 0.29) is 0 Å². The van der Waals surface area contributed by atoms with Crippen molar-refractivity contribution in [2.24, 2.45) is 0 Å². The topological polar surface area (TPSA) is 86.7 Å². The SMILES string of the molecule is c1ccc(CN(Cc2ccccn2)Cc2cc(CN(Cc3ccccn3)Cc3ccccn3)[nH]n2)nc1. The van der Waals surface area contributed by atoms with E-state index >= 15 is 0 Å². The summed E-state index contributed by atoms with van der Waals surface area (Å²) in [6.07, 6.45) is 7.33. The molecule has 0 aliphatic heterocycles. The highest BCUT2D eigenvalue weighted by Crippen LogP contribution is 2.15. The van der Waals surface area contributed by atoms with Gasteiger partial charge in [-0.3, -0.25) is 34.8 Å². The number of nitrogens with zero attached hydrogens (tertiary/aromatic N) is 7. The van der Waals surface area contributed by atoms with E-state index in [1.54, 1.807) is 0 Å². The first-order valence-electron chi connectivity index (χ1n) is 12.4. The second kappa shape index (κ2) is 12.6. The van der Waals surface area contributed by atoms with Gasteiger partial charge in [-0.25, -0.2) is 0 Å². The average Bonchev–Trinajstić information content (AvgIpc) is 3.37. The third-order valence-corrected chi connectivity index (χ3v) is 5.91. The van der Waals surface area contributed by atoms with Crippen LogP contribution in [-0.2, 0) is 39.3 Å². The van der Waals surface area contributed by atoms with Crippen molar-refractivity contribution in [2.45, 2.75) is 39.3 Å². The second-order valence-electron chi connectivity index (χ2n) is 8.96. The van der Waals surface area contributed by atoms with Crippen LogP contribution in [0, 0.1) is 0 Å². The zero-order chi connectivity index (χ0) is 25.1. The molecule has 0 bridgehead atoms. The normalized spacial score (nSPS) is 11.3. The monoisotopic (exact) mass is 490 g/mol. The third-order valence-electron chi connectivity index (χ3n) is 5.91. The van der Waals surface area contributed by atoms with Gasteiger partial charge >= 0.3 is 0 Å². The van der Waals surface area contributed by atoms with Crippen LogP contribution in [0.4, 0.5) is 0 Å². The van der Waals surface area contributed by atoms with Crippen molar-refractivity contribution >= 4 is 0 Å². The molecule has 0 amide bonds. The van der Waals surface area contributed by atoms with Gasteiger partial charge in [-0.05, 0) is 54.6 Å². The van der Waals surface area contributed by atoms with E-state index in [2.05, 4.69) is 70.3 Å². The molecule has 37 heavy (non-hydrogen) atoms. The summed E-state index contributed by atoms with van der Waals surface area (Å²) in [5.74, 6) is 0. The summed E-state index contributed by atoms with van der Waals surface area (Å²) in [5, 5.41) is 7.89. The summed E-state index contributed by atoms with van der Waals surface area (Å²) in [5.41, 5.74) is 6.12. The Hall–Kier alpha value is -4.27. The molecule has 1 N–H and O–H groups in total. The number of aromatic nitrogens is 6. The Morgan fingerprint density at radius 1 is 0.459 bits per heavy atom. The number of aromatic amines is 1. The number of hydrogen-bond donors (Lipinski definition) is 1. The molecule has 5 aromatic heterocycles. The highest BCUT2D eigenvalue weighted by Gasteiger charge is 2.15. The maximum absolute atomic E-state index is 4.64. The Bertz CT molecular complexity index is 1140. The Labute approximate surface area is 217 Å². The predicted octanol–water partition coefficient (Wildman–Crippen LogP) is 4.39. The van der Waals surface area contributed by atoms with Crippen molar-refractivity contribution < 1.29 is 0 Å². The van der Waals surface area contributed by atoms with Gasteiger partial charge in [0.2, 0.25) is 0 Å². The molecular formula is C29H30N8. The van der Waals surface area contributed by atoms with E-state index in [1.165, 1.54) is 0 Å². The maximum Gasteiger partial charge on any atom is 0.0765 e. The first-order chi connectivity index (χ1) is 18.3. The summed E-state index contributed by atoms with van der Waals surface area (Å²) in [4.78, 5) is 22.7. The maximum atomic E-state index is 4.64. The summed E-state index contributed by atoms with van der Waals surface area (Å²) in [6, 6.07) is 26.2. The summed E-state index contributed by atoms with van der Waals surface area (Å²) in [6.45, 7) is 4.26. The van der Waals surface area contributed by atoms with E-state index in [9.17, 15) is 0 Å². The average molecular weight is 491 g/mol. The van der Waals surface area contributed by atoms with Gasteiger partial charge in [0.15, 0.2) is 0 Å². The van der Waals surface area contributed by atoms with E-state index in [1.807, 2.05) is 73.3 Å². The molecular weight excluding hydrogens is 460 g/mol. The van der Waals surface area contributed by atoms with E-state index in [0.29, 0.717) is 26.2 Å². The van der Waals surface area contributed by atoms with Gasteiger partial charge in [0, 0.05) is 69.7 Å². The third kappa shape index (κ3) is 7.60. The zero-order valence-corrected chi connectivity index (χ0v) is 20.7. The van der Waals surface area contributed by atoms with Crippen LogP contribution in [0.25, 0.3) is 0 Å². The first-order valence-corrected chi connectivity index (χ1v) is 12.4. The lowest BCUT2D eigenvalue weighted by Crippen LogP contribution is -2.24. The van der Waals surface area contributed by atoms with Crippen molar-refractivity contribution in [3.05, 3.63) is 138 Å². The standard InChI is InChI=1S/C29H30N8/c1-5-13-30-24(9-1)18-36(19-25-10-2-6-14-31-25)22-28-17-29(35-34-28)23-37(20-26-11-3-7-15-32-26)21-27-12-4-8-16-33-27/h1-17H,18-23H2,(H,34,35). The minimum Gasteiger partial charge on any atom is -0.286 e. The largest absolute Gasteiger partial charge is 0.286 e. The molecule has 0 fully saturated rings. The molecule has 186 valence electrons. The smallest absolute Gasteiger partial charge is 0.0765 e. The van der Waals surface area contributed by atoms with Crippen LogP contribution in [0.15, 0.2) is 104 Å². The highest BCUT2D eigenvalue weighted by molar-refractivity contribution is 5.12. The van der Waals surface area contributed by atoms with Crippen LogP contribution in [0.3, 0.4) is 0 Å². The van der Waals surface area contributed by atoms with Gasteiger partial charge in [0.05, 0.1) is 28.5 Å². The molecule has 0 aliphatic carbocycles. The Balaban J connectivity index is 1.29. The van der Waals surface area contributed by atoms with Gasteiger partial charge in [0.25, 0.3) is 0 Å². The van der Waals surface area contributed by atoms with E-state index in [4.69, 9.17) is 0 Å². The molecule has 0 spiro atoms. The van der Waals surface area contributed by atoms with Gasteiger partial charge in [-0.15, -0.1) is 0 Å². The lowest BCUT2D eigenvalue weighted by Gasteiger charge is -2.21. The lowest BCUT2D eigenvalue weighted by molar-refractivity contribution is 0.238. The quantitative estimate of drug-likeness (QED) is 0.277. The molecule has 8 nitrogen and oxygen atoms in total. The van der Waals surface area contributed by atoms with Crippen molar-refractivity contribution in [3.63, 3.8) is 0 Å². The molecule has 0 aromatic carbocycles. The fourth-order valence-electron chi connectivity index (χ4n) is 4.26. The molecule has 0 saturated carbocycles. The molecule has 0 unspecified atom stereocenters. The Morgan fingerprint density at radius 3 is 1.22 bits per heavy atom. The Kier molecular flexibility index (Phi) is 8.33. The predicted molar refractivity (Wildman–Crippen MR) is 141 cm³/mol. The molecule has 5 heterocycles. The van der Waals surface area contributed by atoms with Crippen LogP contribution in [0.1, 0.15) is 34.2 Å². The van der Waals surface area contributed by atoms with Crippen molar-refractivity contribution in [1.29, 1.82) is 0 Å². The summed E-state index contributed by atoms with van der Waals surface area (Å²) >= 11 is 0. The van der Waals surface area contributed by atoms with Crippen molar-refractivity contribution in [1.82, 2.24) is 39.9 Å². The van der Waals surface area contributed by atoms with E-state index < -0.39 is 0 Å². The number of H-pyrrole nitrogens is 1. The summed E-state index contributed by atoms with van der Waals surface area (Å²) < 4.78 is 0. The van der Waals surface area contributed by atoms with Gasteiger partial charge in [-0.1, -0.05) is 24.3 Å². The molecule has 0 atom stereocenters. The van der Waals surface area contributed by atoms with Crippen molar-refractivity contribution in [3.8, 4) is 0 Å². The minimum atomic E-state index is 0.685. The fraction of sp³-hybridized carbons (Fsp3) is 0.207. The number of pyridine rings is 4. The number of hydrogen-bond acceptors (Lipinski definition) is 7. The van der Waals surface area contributed by atoms with Crippen molar-refractivity contribution in [2.75, 3.05) is 0 Å². The highest BCUT2D eigenvalue weighted by atomic mass is 15.2. The fourth-order valence-corrected chi connectivity index (χ4v) is 4.26. The number of nitrogens with one attached hydrogen (secondary N) is 1. The molecule has 5 aromatic rings. The molecule has 5 rings (SSSR count). The van der Waals surface area contributed by atoms with Gasteiger partial charge in [-0.2, -0.15) is 5.10 Å². The van der Waals surface area contributed by atoms with Crippen LogP contribution in [0.2, 0.25) is 0 Å². The summed E-state index contributed by atoms with van der Waals surface area (Å²) in [7, 11) is 0. The molecule has 0 aliphatic rings. The number of rotatable bonds is 12. The van der Waals surface area contributed by atoms with Crippen LogP contribution < -0.4 is 0 Å². The lowest BCUT2D eigenvalue weighted by atomic mass is 10.2. The Morgan fingerprint density at radius 2 is 0.838 bits per heavy atom. The minimum absolute atomic E-state index is 0.685. The molecule has 0 radical (unpaired) electrons. The van der Waals surface area contributed by atoms with Gasteiger partial charge < -0.3 is 0 Å². The first kappa shape index (κ1) is 24.4. The second-order valence-corrected chi connectivity index (χ2v) is 8.96. The zero-order valence-electron chi connectivity index (χ0n) is 20.7. The van der Waals surface area contributed by atoms with Gasteiger partial charge in [0.1, 0.15) is 0 Å². The molecule has 0 saturated heterocycles. The molecule has 8 heteroatoms.